The molecule has 0 spiro atoms. The highest BCUT2D eigenvalue weighted by Crippen LogP contribution is 2.29. The van der Waals surface area contributed by atoms with E-state index in [1.54, 1.807) is 0 Å². The maximum atomic E-state index is 5.62. The van der Waals surface area contributed by atoms with E-state index in [-0.39, 0.29) is 0 Å². The van der Waals surface area contributed by atoms with Crippen LogP contribution in [0.5, 0.6) is 11.5 Å². The molecular weight excluding hydrogens is 432 g/mol. The Balaban J connectivity index is 1.70. The molecule has 0 aliphatic rings. The number of pyridine rings is 1. The monoisotopic (exact) mass is 464 g/mol. The molecule has 0 saturated carbocycles. The van der Waals surface area contributed by atoms with Gasteiger partial charge in [-0.3, -0.25) is 0 Å². The van der Waals surface area contributed by atoms with Crippen molar-refractivity contribution in [1.82, 2.24) is 4.98 Å². The van der Waals surface area contributed by atoms with Crippen LogP contribution in [0.3, 0.4) is 0 Å². The second-order valence-corrected chi connectivity index (χ2v) is 8.40. The van der Waals surface area contributed by atoms with E-state index in [1.807, 2.05) is 52.2 Å². The molecule has 0 bridgehead atoms. The molecule has 4 rings (SSSR count). The van der Waals surface area contributed by atoms with Crippen LogP contribution in [0.15, 0.2) is 84.9 Å². The van der Waals surface area contributed by atoms with Gasteiger partial charge in [0.2, 0.25) is 0 Å². The molecule has 4 nitrogen and oxygen atoms in total. The van der Waals surface area contributed by atoms with Gasteiger partial charge in [0, 0.05) is 25.3 Å². The van der Waals surface area contributed by atoms with Crippen LogP contribution in [0.25, 0.3) is 34.5 Å². The van der Waals surface area contributed by atoms with Crippen LogP contribution in [0, 0.1) is 0 Å². The highest BCUT2D eigenvalue weighted by Gasteiger charge is 2.07. The number of hydrogen-bond donors (Lipinski definition) is 0. The maximum Gasteiger partial charge on any atom is 0.119 e. The van der Waals surface area contributed by atoms with Crippen molar-refractivity contribution in [2.45, 2.75) is 13.8 Å². The lowest BCUT2D eigenvalue weighted by Gasteiger charge is -2.12. The molecule has 35 heavy (non-hydrogen) atoms. The normalized spacial score (nSPS) is 11.0. The Kier molecular flexibility index (Phi) is 7.84. The number of rotatable bonds is 9. The highest BCUT2D eigenvalue weighted by molar-refractivity contribution is 5.77. The molecule has 0 aliphatic carbocycles. The van der Waals surface area contributed by atoms with Crippen molar-refractivity contribution >= 4 is 17.8 Å². The zero-order valence-corrected chi connectivity index (χ0v) is 20.9. The zero-order chi connectivity index (χ0) is 24.6. The fourth-order valence-electron chi connectivity index (χ4n) is 3.82. The summed E-state index contributed by atoms with van der Waals surface area (Å²) in [5, 5.41) is 0. The average molecular weight is 465 g/mol. The van der Waals surface area contributed by atoms with Crippen LogP contribution < -0.4 is 14.4 Å². The van der Waals surface area contributed by atoms with Crippen LogP contribution in [-0.2, 0) is 0 Å². The van der Waals surface area contributed by atoms with Crippen molar-refractivity contribution in [1.29, 1.82) is 0 Å². The number of benzene rings is 3. The highest BCUT2D eigenvalue weighted by atomic mass is 16.5. The first kappa shape index (κ1) is 24.1. The van der Waals surface area contributed by atoms with Crippen molar-refractivity contribution < 1.29 is 9.47 Å². The van der Waals surface area contributed by atoms with E-state index in [0.29, 0.717) is 13.2 Å². The van der Waals surface area contributed by atoms with Gasteiger partial charge in [-0.1, -0.05) is 30.3 Å². The quantitative estimate of drug-likeness (QED) is 0.258. The smallest absolute Gasteiger partial charge is 0.119 e. The van der Waals surface area contributed by atoms with Crippen molar-refractivity contribution in [2.24, 2.45) is 0 Å². The van der Waals surface area contributed by atoms with Crippen molar-refractivity contribution in [3.05, 3.63) is 96.2 Å². The first-order chi connectivity index (χ1) is 17.1. The SMILES string of the molecule is CCOc1ccc(-c2cc(C=Cc3ccc(N(C)C)cc3)nc(-c3ccc(OCC)cc3)c2)cc1. The Labute approximate surface area is 208 Å². The molecule has 0 aliphatic heterocycles. The van der Waals surface area contributed by atoms with Gasteiger partial charge in [-0.2, -0.15) is 0 Å². The van der Waals surface area contributed by atoms with Crippen molar-refractivity contribution in [3.8, 4) is 33.9 Å². The summed E-state index contributed by atoms with van der Waals surface area (Å²) < 4.78 is 11.2. The van der Waals surface area contributed by atoms with Crippen LogP contribution in [0.2, 0.25) is 0 Å². The van der Waals surface area contributed by atoms with Gasteiger partial charge in [-0.15, -0.1) is 0 Å². The number of anilines is 1. The molecule has 178 valence electrons. The molecule has 0 N–H and O–H groups in total. The largest absolute Gasteiger partial charge is 0.494 e. The number of hydrogen-bond acceptors (Lipinski definition) is 4. The van der Waals surface area contributed by atoms with Gasteiger partial charge in [0.15, 0.2) is 0 Å². The Morgan fingerprint density at radius 1 is 0.657 bits per heavy atom. The summed E-state index contributed by atoms with van der Waals surface area (Å²) in [7, 11) is 4.09. The van der Waals surface area contributed by atoms with E-state index < -0.39 is 0 Å². The van der Waals surface area contributed by atoms with E-state index in [9.17, 15) is 0 Å². The molecule has 1 aromatic heterocycles. The molecule has 0 amide bonds. The molecule has 0 atom stereocenters. The minimum Gasteiger partial charge on any atom is -0.494 e. The second-order valence-electron chi connectivity index (χ2n) is 8.40. The van der Waals surface area contributed by atoms with E-state index in [1.165, 1.54) is 5.69 Å². The summed E-state index contributed by atoms with van der Waals surface area (Å²) >= 11 is 0. The topological polar surface area (TPSA) is 34.6 Å². The van der Waals surface area contributed by atoms with E-state index in [0.717, 1.165) is 45.1 Å². The molecule has 3 aromatic carbocycles. The fraction of sp³-hybridized carbons (Fsp3) is 0.194. The minimum absolute atomic E-state index is 0.648. The van der Waals surface area contributed by atoms with E-state index in [4.69, 9.17) is 14.5 Å². The van der Waals surface area contributed by atoms with Crippen LogP contribution in [0.1, 0.15) is 25.1 Å². The Bertz CT molecular complexity index is 1190. The Morgan fingerprint density at radius 2 is 1.23 bits per heavy atom. The lowest BCUT2D eigenvalue weighted by Crippen LogP contribution is -2.07. The summed E-state index contributed by atoms with van der Waals surface area (Å²) in [5.74, 6) is 1.73. The van der Waals surface area contributed by atoms with Gasteiger partial charge in [0.1, 0.15) is 11.5 Å². The van der Waals surface area contributed by atoms with Crippen LogP contribution in [-0.4, -0.2) is 32.3 Å². The number of aromatic nitrogens is 1. The summed E-state index contributed by atoms with van der Waals surface area (Å²) in [5.41, 5.74) is 7.40. The Hall–Kier alpha value is -4.05. The molecule has 4 aromatic rings. The summed E-state index contributed by atoms with van der Waals surface area (Å²) in [6, 6.07) is 29.0. The summed E-state index contributed by atoms with van der Waals surface area (Å²) in [6.07, 6.45) is 4.17. The lowest BCUT2D eigenvalue weighted by atomic mass is 10.0. The zero-order valence-electron chi connectivity index (χ0n) is 20.9. The first-order valence-electron chi connectivity index (χ1n) is 12.0. The van der Waals surface area contributed by atoms with Gasteiger partial charge in [0.25, 0.3) is 0 Å². The molecule has 0 unspecified atom stereocenters. The third-order valence-electron chi connectivity index (χ3n) is 5.66. The van der Waals surface area contributed by atoms with Crippen molar-refractivity contribution in [3.63, 3.8) is 0 Å². The molecule has 0 saturated heterocycles. The first-order valence-corrected chi connectivity index (χ1v) is 12.0. The molecular formula is C31H32N2O2. The summed E-state index contributed by atoms with van der Waals surface area (Å²) in [6.45, 7) is 5.28. The average Bonchev–Trinajstić information content (AvgIpc) is 2.89. The molecule has 1 heterocycles. The fourth-order valence-corrected chi connectivity index (χ4v) is 3.82. The third-order valence-corrected chi connectivity index (χ3v) is 5.66. The second kappa shape index (κ2) is 11.4. The number of nitrogens with zero attached hydrogens (tertiary/aromatic N) is 2. The summed E-state index contributed by atoms with van der Waals surface area (Å²) in [4.78, 5) is 7.05. The van der Waals surface area contributed by atoms with Crippen LogP contribution in [0.4, 0.5) is 5.69 Å². The van der Waals surface area contributed by atoms with E-state index in [2.05, 4.69) is 77.7 Å². The Morgan fingerprint density at radius 3 is 1.77 bits per heavy atom. The maximum absolute atomic E-state index is 5.62. The standard InChI is InChI=1S/C31H32N2O2/c1-5-34-29-17-10-24(11-18-29)26-21-27(14-7-23-8-15-28(16-9-23)33(3)4)32-31(22-26)25-12-19-30(20-13-25)35-6-2/h7-22H,5-6H2,1-4H3. The minimum atomic E-state index is 0.648. The molecule has 4 heteroatoms. The van der Waals surface area contributed by atoms with Gasteiger partial charge in [-0.25, -0.2) is 4.98 Å². The van der Waals surface area contributed by atoms with Crippen LogP contribution >= 0.6 is 0 Å². The third kappa shape index (κ3) is 6.30. The van der Waals surface area contributed by atoms with Gasteiger partial charge < -0.3 is 14.4 Å². The lowest BCUT2D eigenvalue weighted by molar-refractivity contribution is 0.340. The molecule has 0 radical (unpaired) electrons. The van der Waals surface area contributed by atoms with Crippen molar-refractivity contribution in [2.75, 3.05) is 32.2 Å². The van der Waals surface area contributed by atoms with Gasteiger partial charge in [-0.05, 0) is 97.3 Å². The van der Waals surface area contributed by atoms with Gasteiger partial charge >= 0.3 is 0 Å². The number of ether oxygens (including phenoxy) is 2. The predicted molar refractivity (Wildman–Crippen MR) is 147 cm³/mol. The van der Waals surface area contributed by atoms with Gasteiger partial charge in [0.05, 0.1) is 24.6 Å². The predicted octanol–water partition coefficient (Wildman–Crippen LogP) is 7.45. The van der Waals surface area contributed by atoms with E-state index >= 15 is 0 Å². The molecule has 0 fully saturated rings.